The van der Waals surface area contributed by atoms with E-state index in [2.05, 4.69) is 0 Å². The molecule has 0 radical (unpaired) electrons. The zero-order chi connectivity index (χ0) is 28.7. The molecule has 7 nitrogen and oxygen atoms in total. The average Bonchev–Trinajstić information content (AvgIpc) is 3.47. The molecule has 1 aliphatic rings. The van der Waals surface area contributed by atoms with Gasteiger partial charge >= 0.3 is 5.97 Å². The van der Waals surface area contributed by atoms with Gasteiger partial charge in [0, 0.05) is 20.3 Å². The highest BCUT2D eigenvalue weighted by atomic mass is 35.5. The second-order valence-electron chi connectivity index (χ2n) is 10.2. The number of halogens is 3. The van der Waals surface area contributed by atoms with Gasteiger partial charge < -0.3 is 30.3 Å². The lowest BCUT2D eigenvalue weighted by Gasteiger charge is -2.25. The first kappa shape index (κ1) is 32.6. The third-order valence-electron chi connectivity index (χ3n) is 7.43. The van der Waals surface area contributed by atoms with E-state index >= 15 is 0 Å². The van der Waals surface area contributed by atoms with E-state index in [1.54, 1.807) is 19.1 Å². The van der Waals surface area contributed by atoms with E-state index in [1.807, 2.05) is 18.2 Å². The van der Waals surface area contributed by atoms with Crippen molar-refractivity contribution < 1.29 is 35.1 Å². The molecule has 1 aromatic carbocycles. The highest BCUT2D eigenvalue weighted by Gasteiger charge is 2.40. The highest BCUT2D eigenvalue weighted by Crippen LogP contribution is 2.42. The molecule has 5 N–H and O–H groups in total. The molecular formula is C28H37Cl3O7S. The van der Waals surface area contributed by atoms with Gasteiger partial charge in [0.25, 0.3) is 0 Å². The fourth-order valence-corrected chi connectivity index (χ4v) is 7.20. The highest BCUT2D eigenvalue weighted by molar-refractivity contribution is 7.13. The van der Waals surface area contributed by atoms with Gasteiger partial charge in [-0.1, -0.05) is 30.1 Å². The number of benzene rings is 1. The molecule has 0 saturated heterocycles. The predicted octanol–water partition coefficient (Wildman–Crippen LogP) is 4.63. The smallest absolute Gasteiger partial charge is 0.348 e. The maximum absolute atomic E-state index is 12.4. The molecule has 0 aliphatic heterocycles. The summed E-state index contributed by atoms with van der Waals surface area (Å²) in [5, 5.41) is 51.1. The third-order valence-corrected chi connectivity index (χ3v) is 9.49. The largest absolute Gasteiger partial charge is 0.459 e. The zero-order valence-corrected chi connectivity index (χ0v) is 24.8. The second kappa shape index (κ2) is 15.3. The number of aliphatic hydroxyl groups is 5. The summed E-state index contributed by atoms with van der Waals surface area (Å²) in [6.07, 6.45) is -1.60. The van der Waals surface area contributed by atoms with Crippen molar-refractivity contribution in [3.63, 3.8) is 0 Å². The molecule has 39 heavy (non-hydrogen) atoms. The molecule has 11 heteroatoms. The molecule has 0 unspecified atom stereocenters. The van der Waals surface area contributed by atoms with Gasteiger partial charge in [-0.2, -0.15) is 0 Å². The van der Waals surface area contributed by atoms with Crippen molar-refractivity contribution in [2.45, 2.75) is 87.8 Å². The van der Waals surface area contributed by atoms with E-state index in [0.29, 0.717) is 21.3 Å². The van der Waals surface area contributed by atoms with Crippen LogP contribution in [0.1, 0.15) is 59.1 Å². The van der Waals surface area contributed by atoms with Crippen LogP contribution in [0.25, 0.3) is 0 Å². The van der Waals surface area contributed by atoms with Gasteiger partial charge in [-0.25, -0.2) is 4.79 Å². The molecule has 3 rings (SSSR count). The second-order valence-corrected chi connectivity index (χ2v) is 12.8. The summed E-state index contributed by atoms with van der Waals surface area (Å²) < 4.78 is 5.10. The van der Waals surface area contributed by atoms with Crippen molar-refractivity contribution in [1.82, 2.24) is 0 Å². The van der Waals surface area contributed by atoms with E-state index in [9.17, 15) is 30.3 Å². The molecule has 1 fully saturated rings. The number of hydrogen-bond donors (Lipinski definition) is 5. The topological polar surface area (TPSA) is 127 Å². The number of alkyl halides is 1. The van der Waals surface area contributed by atoms with Crippen molar-refractivity contribution in [2.24, 2.45) is 11.8 Å². The van der Waals surface area contributed by atoms with Crippen LogP contribution in [0.15, 0.2) is 30.3 Å². The average molecular weight is 624 g/mol. The minimum atomic E-state index is -1.64. The summed E-state index contributed by atoms with van der Waals surface area (Å²) in [5.41, 5.74) is 1.03. The summed E-state index contributed by atoms with van der Waals surface area (Å²) in [4.78, 5) is 13.8. The Morgan fingerprint density at radius 3 is 2.33 bits per heavy atom. The van der Waals surface area contributed by atoms with Crippen molar-refractivity contribution >= 4 is 52.1 Å². The molecule has 1 aromatic heterocycles. The van der Waals surface area contributed by atoms with Crippen LogP contribution in [0.5, 0.6) is 0 Å². The van der Waals surface area contributed by atoms with Crippen molar-refractivity contribution in [3.8, 4) is 0 Å². The molecule has 1 aliphatic carbocycles. The lowest BCUT2D eigenvalue weighted by Crippen LogP contribution is -2.46. The number of thiophene rings is 1. The van der Waals surface area contributed by atoms with Crippen LogP contribution in [0.3, 0.4) is 0 Å². The lowest BCUT2D eigenvalue weighted by molar-refractivity contribution is -0.116. The summed E-state index contributed by atoms with van der Waals surface area (Å²) in [6.45, 7) is 1.12. The van der Waals surface area contributed by atoms with Gasteiger partial charge in [-0.15, -0.1) is 22.9 Å². The first-order chi connectivity index (χ1) is 18.5. The molecule has 2 aromatic rings. The molecular weight excluding hydrogens is 587 g/mol. The summed E-state index contributed by atoms with van der Waals surface area (Å²) >= 11 is 20.2. The van der Waals surface area contributed by atoms with Crippen LogP contribution in [0, 0.1) is 11.8 Å². The number of aryl methyl sites for hydroxylation is 2. The molecule has 8 atom stereocenters. The first-order valence-electron chi connectivity index (χ1n) is 13.2. The molecule has 0 bridgehead atoms. The Labute approximate surface area is 248 Å². The van der Waals surface area contributed by atoms with Crippen LogP contribution in [0.2, 0.25) is 10.0 Å². The Hall–Kier alpha value is -0.940. The van der Waals surface area contributed by atoms with Gasteiger partial charge in [0.2, 0.25) is 0 Å². The van der Waals surface area contributed by atoms with Crippen molar-refractivity contribution in [2.75, 3.05) is 6.61 Å². The molecule has 0 spiro atoms. The standard InChI is InChI=1S/C28H37Cl3O7S/c1-2-22(32)26(35)27(36)24(34)14-38-28(37)25-9-7-18(39-25)4-3-5-19-20(23(33)13-21(19)31)8-6-15-10-16(29)12-17(30)11-15/h7,9-12,19-24,26-27,32-36H,2-6,8,13-14H2,1H3/t19-,20-,21-,22-,23-,24-,26+,27+/m1/s1. The fourth-order valence-electron chi connectivity index (χ4n) is 5.19. The predicted molar refractivity (Wildman–Crippen MR) is 154 cm³/mol. The van der Waals surface area contributed by atoms with Crippen molar-refractivity contribution in [3.05, 3.63) is 55.7 Å². The van der Waals surface area contributed by atoms with Crippen LogP contribution in [-0.2, 0) is 17.6 Å². The minimum absolute atomic E-state index is 0.0814. The van der Waals surface area contributed by atoms with Crippen LogP contribution < -0.4 is 0 Å². The minimum Gasteiger partial charge on any atom is -0.459 e. The zero-order valence-electron chi connectivity index (χ0n) is 21.8. The van der Waals surface area contributed by atoms with Gasteiger partial charge in [0.1, 0.15) is 29.8 Å². The summed E-state index contributed by atoms with van der Waals surface area (Å²) in [6, 6.07) is 9.00. The van der Waals surface area contributed by atoms with Crippen molar-refractivity contribution in [1.29, 1.82) is 0 Å². The Balaban J connectivity index is 1.46. The number of aliphatic hydroxyl groups excluding tert-OH is 5. The summed E-state index contributed by atoms with van der Waals surface area (Å²) in [5.74, 6) is -0.378. The maximum atomic E-state index is 12.4. The lowest BCUT2D eigenvalue weighted by atomic mass is 9.85. The number of carbonyl (C=O) groups is 1. The van der Waals surface area contributed by atoms with Gasteiger partial charge in [0.05, 0.1) is 12.2 Å². The Morgan fingerprint density at radius 1 is 1.00 bits per heavy atom. The van der Waals surface area contributed by atoms with Gasteiger partial charge in [0.15, 0.2) is 0 Å². The number of hydrogen-bond acceptors (Lipinski definition) is 8. The van der Waals surface area contributed by atoms with Crippen LogP contribution in [0.4, 0.5) is 0 Å². The van der Waals surface area contributed by atoms with Gasteiger partial charge in [-0.05, 0) is 92.7 Å². The normalized spacial score (nSPS) is 24.3. The Kier molecular flexibility index (Phi) is 12.8. The Bertz CT molecular complexity index is 1050. The number of esters is 1. The van der Waals surface area contributed by atoms with E-state index in [4.69, 9.17) is 39.5 Å². The fraction of sp³-hybridized carbons (Fsp3) is 0.607. The first-order valence-corrected chi connectivity index (χ1v) is 15.3. The molecule has 0 amide bonds. The SMILES string of the molecule is CC[C@@H](O)[C@H](O)[C@@H](O)[C@H](O)COC(=O)c1ccc(CCC[C@@H]2[C@@H](CCc3cc(Cl)cc(Cl)c3)[C@H](O)C[C@H]2Cl)s1. The van der Waals surface area contributed by atoms with E-state index in [-0.39, 0.29) is 23.6 Å². The number of ether oxygens (including phenoxy) is 1. The maximum Gasteiger partial charge on any atom is 0.348 e. The van der Waals surface area contributed by atoms with Crippen LogP contribution in [-0.4, -0.2) is 74.0 Å². The van der Waals surface area contributed by atoms with Crippen LogP contribution >= 0.6 is 46.1 Å². The van der Waals surface area contributed by atoms with E-state index in [0.717, 1.165) is 42.5 Å². The monoisotopic (exact) mass is 622 g/mol. The van der Waals surface area contributed by atoms with E-state index < -0.39 is 43.1 Å². The molecule has 1 heterocycles. The molecule has 218 valence electrons. The number of rotatable bonds is 14. The van der Waals surface area contributed by atoms with Gasteiger partial charge in [-0.3, -0.25) is 0 Å². The summed E-state index contributed by atoms with van der Waals surface area (Å²) in [7, 11) is 0. The quantitative estimate of drug-likeness (QED) is 0.153. The Morgan fingerprint density at radius 2 is 1.67 bits per heavy atom. The molecule has 1 saturated carbocycles. The third kappa shape index (κ3) is 9.28. The number of carbonyl (C=O) groups excluding carboxylic acids is 1. The van der Waals surface area contributed by atoms with E-state index in [1.165, 1.54) is 11.3 Å².